The lowest BCUT2D eigenvalue weighted by Crippen LogP contribution is -2.47. The number of hydrogen-bond acceptors (Lipinski definition) is 14. The van der Waals surface area contributed by atoms with Crippen molar-refractivity contribution in [1.82, 2.24) is 14.9 Å². The summed E-state index contributed by atoms with van der Waals surface area (Å²) in [5, 5.41) is 3.44. The Hall–Kier alpha value is -5.12. The minimum Gasteiger partial charge on any atom is -0.464 e. The molecule has 1 amide bonds. The van der Waals surface area contributed by atoms with E-state index in [-0.39, 0.29) is 61.0 Å². The molecule has 6 rings (SSSR count). The van der Waals surface area contributed by atoms with Crippen LogP contribution in [0, 0.1) is 0 Å². The molecule has 0 saturated heterocycles. The summed E-state index contributed by atoms with van der Waals surface area (Å²) in [6.45, 7) is 11.3. The molecule has 3 aromatic rings. The van der Waals surface area contributed by atoms with Gasteiger partial charge in [-0.15, -0.1) is 0 Å². The Balaban J connectivity index is 1.21. The number of nitrogens with zero attached hydrogens (tertiary/aromatic N) is 4. The Morgan fingerprint density at radius 1 is 1.09 bits per heavy atom. The zero-order valence-electron chi connectivity index (χ0n) is 32.0. The Bertz CT molecular complexity index is 2090. The van der Waals surface area contributed by atoms with Gasteiger partial charge in [0.1, 0.15) is 24.9 Å². The number of unbranched alkanes of at least 4 members (excludes halogenated alkanes) is 2. The van der Waals surface area contributed by atoms with Gasteiger partial charge in [-0.3, -0.25) is 4.79 Å². The van der Waals surface area contributed by atoms with Crippen molar-refractivity contribution in [3.8, 4) is 11.4 Å². The molecule has 294 valence electrons. The van der Waals surface area contributed by atoms with Crippen LogP contribution < -0.4 is 15.8 Å². The van der Waals surface area contributed by atoms with E-state index >= 15 is 0 Å². The van der Waals surface area contributed by atoms with Crippen molar-refractivity contribution in [2.24, 2.45) is 4.99 Å². The normalized spacial score (nSPS) is 17.1. The fourth-order valence-electron chi connectivity index (χ4n) is 6.98. The standard InChI is InChI=1S/C39H47N5O10S/c1-7-10-11-15-43-22-40-26-13-12-14-27-30(26)32(43)23-19-44-29(31(23)41-27)18-25-24(33(44)45)20-52-35(47)39(25,8-2)54-37(49)51-16-17-55-21-28(34(46)50-9-3)42-36(48)53-38(4,5)6/h12-14,18,22,28H,7-11,15-17,19-21H2,1-6H3,(H,42,48)/t28-,39-/m0/s1. The van der Waals surface area contributed by atoms with Crippen molar-refractivity contribution in [2.45, 2.75) is 97.6 Å². The van der Waals surface area contributed by atoms with Crippen LogP contribution in [0.3, 0.4) is 0 Å². The maximum atomic E-state index is 14.2. The SMILES string of the molecule is CCCCCN1C=Nc2cccc3nc4c(c1c23)Cn1c-4cc2c(c1=O)COC(=O)[C@@]2(CC)OC(=O)OCCSC[C@H](NC(=O)OC(C)(C)C)C(=O)OCC. The molecule has 1 N–H and O–H groups in total. The van der Waals surface area contributed by atoms with Crippen LogP contribution in [-0.2, 0) is 52.0 Å². The summed E-state index contributed by atoms with van der Waals surface area (Å²) in [6, 6.07) is 6.49. The number of amides is 1. The van der Waals surface area contributed by atoms with E-state index in [1.165, 1.54) is 11.8 Å². The van der Waals surface area contributed by atoms with Gasteiger partial charge in [0.2, 0.25) is 5.60 Å². The van der Waals surface area contributed by atoms with Crippen LogP contribution in [0.4, 0.5) is 21.0 Å². The smallest absolute Gasteiger partial charge is 0.464 e. The number of carbonyl (C=O) groups is 4. The molecular weight excluding hydrogens is 731 g/mol. The number of benzene rings is 1. The predicted octanol–water partition coefficient (Wildman–Crippen LogP) is 6.10. The first-order valence-corrected chi connectivity index (χ1v) is 19.8. The van der Waals surface area contributed by atoms with Gasteiger partial charge in [0, 0.05) is 29.2 Å². The van der Waals surface area contributed by atoms with E-state index < -0.39 is 41.4 Å². The van der Waals surface area contributed by atoms with Gasteiger partial charge in [-0.1, -0.05) is 32.8 Å². The number of carbonyl (C=O) groups excluding carboxylic acids is 4. The molecule has 0 fully saturated rings. The van der Waals surface area contributed by atoms with Crippen molar-refractivity contribution in [3.63, 3.8) is 0 Å². The summed E-state index contributed by atoms with van der Waals surface area (Å²) in [4.78, 5) is 77.6. The van der Waals surface area contributed by atoms with Gasteiger partial charge in [-0.2, -0.15) is 11.8 Å². The molecule has 2 aromatic heterocycles. The topological polar surface area (TPSA) is 177 Å². The van der Waals surface area contributed by atoms with Crippen LogP contribution in [0.15, 0.2) is 34.1 Å². The zero-order chi connectivity index (χ0) is 39.5. The van der Waals surface area contributed by atoms with Crippen molar-refractivity contribution in [1.29, 1.82) is 0 Å². The number of cyclic esters (lactones) is 1. The monoisotopic (exact) mass is 777 g/mol. The number of alkyl carbamates (subject to hydrolysis) is 1. The third-order valence-electron chi connectivity index (χ3n) is 9.51. The number of aromatic nitrogens is 2. The minimum atomic E-state index is -1.95. The number of esters is 2. The van der Waals surface area contributed by atoms with Crippen LogP contribution in [-0.4, -0.2) is 83.0 Å². The molecular formula is C39H47N5O10S. The van der Waals surface area contributed by atoms with Crippen LogP contribution >= 0.6 is 11.8 Å². The second-order valence-corrected chi connectivity index (χ2v) is 15.5. The van der Waals surface area contributed by atoms with E-state index in [1.807, 2.05) is 24.5 Å². The number of rotatable bonds is 14. The number of ether oxygens (including phenoxy) is 5. The highest BCUT2D eigenvalue weighted by molar-refractivity contribution is 7.99. The number of thioether (sulfide) groups is 1. The first-order valence-electron chi connectivity index (χ1n) is 18.6. The molecule has 2 atom stereocenters. The fraction of sp³-hybridized carbons (Fsp3) is 0.513. The Morgan fingerprint density at radius 3 is 2.62 bits per heavy atom. The van der Waals surface area contributed by atoms with E-state index in [9.17, 15) is 24.0 Å². The molecule has 0 aliphatic carbocycles. The van der Waals surface area contributed by atoms with Gasteiger partial charge in [-0.25, -0.2) is 29.2 Å². The molecule has 16 heteroatoms. The summed E-state index contributed by atoms with van der Waals surface area (Å²) < 4.78 is 28.6. The molecule has 0 bridgehead atoms. The molecule has 0 spiro atoms. The zero-order valence-corrected chi connectivity index (χ0v) is 32.8. The average molecular weight is 778 g/mol. The summed E-state index contributed by atoms with van der Waals surface area (Å²) in [5.41, 5.74) is 1.87. The Labute approximate surface area is 323 Å². The first-order chi connectivity index (χ1) is 26.3. The number of nitrogens with one attached hydrogen (secondary N) is 1. The van der Waals surface area contributed by atoms with Gasteiger partial charge in [0.25, 0.3) is 5.56 Å². The molecule has 15 nitrogen and oxygen atoms in total. The second kappa shape index (κ2) is 16.3. The van der Waals surface area contributed by atoms with Gasteiger partial charge < -0.3 is 38.5 Å². The average Bonchev–Trinajstić information content (AvgIpc) is 3.51. The highest BCUT2D eigenvalue weighted by Crippen LogP contribution is 2.47. The van der Waals surface area contributed by atoms with Crippen molar-refractivity contribution >= 4 is 64.6 Å². The summed E-state index contributed by atoms with van der Waals surface area (Å²) in [6.07, 6.45) is 3.01. The van der Waals surface area contributed by atoms with E-state index in [4.69, 9.17) is 33.7 Å². The lowest BCUT2D eigenvalue weighted by atomic mass is 9.85. The summed E-state index contributed by atoms with van der Waals surface area (Å²) in [5.74, 6) is -1.11. The lowest BCUT2D eigenvalue weighted by Gasteiger charge is -2.35. The largest absolute Gasteiger partial charge is 0.509 e. The summed E-state index contributed by atoms with van der Waals surface area (Å²) in [7, 11) is 0. The molecule has 0 saturated carbocycles. The van der Waals surface area contributed by atoms with Crippen molar-refractivity contribution in [2.75, 3.05) is 36.2 Å². The maximum absolute atomic E-state index is 14.2. The van der Waals surface area contributed by atoms with Crippen LogP contribution in [0.25, 0.3) is 22.3 Å². The van der Waals surface area contributed by atoms with E-state index in [0.29, 0.717) is 11.4 Å². The third kappa shape index (κ3) is 8.00. The van der Waals surface area contributed by atoms with Crippen LogP contribution in [0.2, 0.25) is 0 Å². The number of pyridine rings is 2. The molecule has 55 heavy (non-hydrogen) atoms. The molecule has 3 aliphatic heterocycles. The van der Waals surface area contributed by atoms with Crippen LogP contribution in [0.1, 0.15) is 83.9 Å². The van der Waals surface area contributed by atoms with E-state index in [0.717, 1.165) is 53.6 Å². The van der Waals surface area contributed by atoms with E-state index in [2.05, 4.69) is 17.1 Å². The maximum Gasteiger partial charge on any atom is 0.509 e. The first kappa shape index (κ1) is 39.6. The number of aliphatic imine (C=N–C) groups is 1. The summed E-state index contributed by atoms with van der Waals surface area (Å²) >= 11 is 1.22. The number of anilines is 1. The number of hydrogen-bond donors (Lipinski definition) is 1. The Kier molecular flexibility index (Phi) is 11.7. The van der Waals surface area contributed by atoms with Gasteiger partial charge >= 0.3 is 24.2 Å². The van der Waals surface area contributed by atoms with Gasteiger partial charge in [0.05, 0.1) is 58.7 Å². The second-order valence-electron chi connectivity index (χ2n) is 14.4. The molecule has 0 radical (unpaired) electrons. The third-order valence-corrected chi connectivity index (χ3v) is 10.5. The minimum absolute atomic E-state index is 0.0303. The highest BCUT2D eigenvalue weighted by Gasteiger charge is 2.51. The molecule has 0 unspecified atom stereocenters. The van der Waals surface area contributed by atoms with Gasteiger partial charge in [0.15, 0.2) is 0 Å². The van der Waals surface area contributed by atoms with Gasteiger partial charge in [-0.05, 0) is 58.7 Å². The molecule has 5 heterocycles. The Morgan fingerprint density at radius 2 is 1.89 bits per heavy atom. The molecule has 3 aliphatic rings. The van der Waals surface area contributed by atoms with Crippen molar-refractivity contribution < 1.29 is 42.9 Å². The number of fused-ring (bicyclic) bond motifs is 5. The predicted molar refractivity (Wildman–Crippen MR) is 207 cm³/mol. The highest BCUT2D eigenvalue weighted by atomic mass is 32.2. The quantitative estimate of drug-likeness (QED) is 0.0884. The fourth-order valence-corrected chi connectivity index (χ4v) is 7.80. The van der Waals surface area contributed by atoms with E-state index in [1.54, 1.807) is 45.3 Å². The van der Waals surface area contributed by atoms with Crippen LogP contribution in [0.5, 0.6) is 0 Å². The molecule has 1 aromatic carbocycles. The van der Waals surface area contributed by atoms with Crippen molar-refractivity contribution in [3.05, 3.63) is 51.3 Å². The lowest BCUT2D eigenvalue weighted by molar-refractivity contribution is -0.175.